The Kier molecular flexibility index (Phi) is 4.66. The normalized spacial score (nSPS) is 11.9. The second-order valence-corrected chi connectivity index (χ2v) is 3.44. The van der Waals surface area contributed by atoms with E-state index in [1.807, 2.05) is 0 Å². The van der Waals surface area contributed by atoms with Gasteiger partial charge in [0.2, 0.25) is 5.91 Å². The highest BCUT2D eigenvalue weighted by Crippen LogP contribution is 2.05. The number of carbonyl (C=O) groups excluding carboxylic acids is 1. The minimum atomic E-state index is -0.621. The first-order chi connectivity index (χ1) is 7.65. The Morgan fingerprint density at radius 2 is 2.25 bits per heavy atom. The second kappa shape index (κ2) is 6.02. The Hall–Kier alpha value is -1.68. The Bertz CT molecular complexity index is 379. The van der Waals surface area contributed by atoms with Gasteiger partial charge in [0.1, 0.15) is 5.82 Å². The number of rotatable bonds is 5. The molecule has 0 radical (unpaired) electrons. The van der Waals surface area contributed by atoms with Gasteiger partial charge in [-0.3, -0.25) is 4.79 Å². The fourth-order valence-electron chi connectivity index (χ4n) is 1.24. The van der Waals surface area contributed by atoms with Crippen LogP contribution >= 0.6 is 0 Å². The van der Waals surface area contributed by atoms with E-state index in [1.165, 1.54) is 6.07 Å². The zero-order chi connectivity index (χ0) is 12.0. The fraction of sp³-hybridized carbons (Fsp3) is 0.250. The average Bonchev–Trinajstić information content (AvgIpc) is 2.28. The topological polar surface area (TPSA) is 55.1 Å². The van der Waals surface area contributed by atoms with Crippen LogP contribution in [0.4, 0.5) is 4.39 Å². The molecule has 3 nitrogen and oxygen atoms in total. The standard InChI is InChI=1S/C12H15FN2O/c1-2-5-11(14)12(16)15-8-9-6-3-4-7-10(9)13/h2-4,6-7,11H,1,5,8,14H2,(H,15,16). The molecule has 0 saturated carbocycles. The first-order valence-corrected chi connectivity index (χ1v) is 5.02. The number of halogens is 1. The van der Waals surface area contributed by atoms with Crippen molar-refractivity contribution in [2.45, 2.75) is 19.0 Å². The first kappa shape index (κ1) is 12.4. The third kappa shape index (κ3) is 3.47. The number of hydrogen-bond acceptors (Lipinski definition) is 2. The van der Waals surface area contributed by atoms with Crippen LogP contribution in [-0.2, 0) is 11.3 Å². The number of hydrogen-bond donors (Lipinski definition) is 2. The minimum absolute atomic E-state index is 0.149. The molecule has 4 heteroatoms. The van der Waals surface area contributed by atoms with E-state index >= 15 is 0 Å². The Morgan fingerprint density at radius 1 is 1.56 bits per heavy atom. The quantitative estimate of drug-likeness (QED) is 0.739. The molecule has 1 amide bonds. The third-order valence-corrected chi connectivity index (χ3v) is 2.17. The maximum atomic E-state index is 13.2. The van der Waals surface area contributed by atoms with Gasteiger partial charge in [0.05, 0.1) is 6.04 Å². The highest BCUT2D eigenvalue weighted by molar-refractivity contribution is 5.81. The van der Waals surface area contributed by atoms with Crippen LogP contribution in [0.5, 0.6) is 0 Å². The van der Waals surface area contributed by atoms with Gasteiger partial charge in [0.25, 0.3) is 0 Å². The smallest absolute Gasteiger partial charge is 0.237 e. The number of amides is 1. The maximum Gasteiger partial charge on any atom is 0.237 e. The van der Waals surface area contributed by atoms with Crippen LogP contribution in [0.2, 0.25) is 0 Å². The van der Waals surface area contributed by atoms with Crippen molar-refractivity contribution in [1.29, 1.82) is 0 Å². The lowest BCUT2D eigenvalue weighted by molar-refractivity contribution is -0.122. The Balaban J connectivity index is 2.49. The van der Waals surface area contributed by atoms with Gasteiger partial charge in [-0.2, -0.15) is 0 Å². The van der Waals surface area contributed by atoms with Gasteiger partial charge >= 0.3 is 0 Å². The lowest BCUT2D eigenvalue weighted by Crippen LogP contribution is -2.39. The van der Waals surface area contributed by atoms with Crippen LogP contribution in [0.1, 0.15) is 12.0 Å². The van der Waals surface area contributed by atoms with Crippen LogP contribution in [-0.4, -0.2) is 11.9 Å². The van der Waals surface area contributed by atoms with E-state index in [9.17, 15) is 9.18 Å². The summed E-state index contributed by atoms with van der Waals surface area (Å²) in [6.45, 7) is 3.64. The average molecular weight is 222 g/mol. The molecular formula is C12H15FN2O. The molecule has 1 aromatic carbocycles. The zero-order valence-electron chi connectivity index (χ0n) is 8.95. The summed E-state index contributed by atoms with van der Waals surface area (Å²) in [7, 11) is 0. The molecule has 86 valence electrons. The molecule has 0 saturated heterocycles. The van der Waals surface area contributed by atoms with Gasteiger partial charge in [-0.25, -0.2) is 4.39 Å². The summed E-state index contributed by atoms with van der Waals surface area (Å²) in [5.41, 5.74) is 6.00. The van der Waals surface area contributed by atoms with Crippen molar-refractivity contribution in [3.63, 3.8) is 0 Å². The van der Waals surface area contributed by atoms with E-state index < -0.39 is 6.04 Å². The van der Waals surface area contributed by atoms with Crippen molar-refractivity contribution in [2.75, 3.05) is 0 Å². The molecule has 0 aromatic heterocycles. The molecule has 0 fully saturated rings. The van der Waals surface area contributed by atoms with Crippen LogP contribution in [0.15, 0.2) is 36.9 Å². The van der Waals surface area contributed by atoms with E-state index in [0.717, 1.165) is 0 Å². The van der Waals surface area contributed by atoms with E-state index in [2.05, 4.69) is 11.9 Å². The molecule has 16 heavy (non-hydrogen) atoms. The van der Waals surface area contributed by atoms with Crippen LogP contribution < -0.4 is 11.1 Å². The summed E-state index contributed by atoms with van der Waals surface area (Å²) in [5, 5.41) is 2.57. The van der Waals surface area contributed by atoms with Gasteiger partial charge in [-0.05, 0) is 12.5 Å². The van der Waals surface area contributed by atoms with Crippen molar-refractivity contribution in [2.24, 2.45) is 5.73 Å². The van der Waals surface area contributed by atoms with Gasteiger partial charge in [-0.1, -0.05) is 24.3 Å². The largest absolute Gasteiger partial charge is 0.351 e. The van der Waals surface area contributed by atoms with Crippen LogP contribution in [0, 0.1) is 5.82 Å². The summed E-state index contributed by atoms with van der Waals surface area (Å²) in [5.74, 6) is -0.636. The molecule has 0 aliphatic rings. The van der Waals surface area contributed by atoms with Crippen molar-refractivity contribution >= 4 is 5.91 Å². The van der Waals surface area contributed by atoms with Crippen LogP contribution in [0.3, 0.4) is 0 Å². The number of nitrogens with one attached hydrogen (secondary N) is 1. The SMILES string of the molecule is C=CCC(N)C(=O)NCc1ccccc1F. The molecule has 0 heterocycles. The van der Waals surface area contributed by atoms with Gasteiger partial charge in [-0.15, -0.1) is 6.58 Å². The van der Waals surface area contributed by atoms with Crippen molar-refractivity contribution in [3.05, 3.63) is 48.3 Å². The summed E-state index contributed by atoms with van der Waals surface area (Å²) in [4.78, 5) is 11.4. The lowest BCUT2D eigenvalue weighted by atomic mass is 10.2. The highest BCUT2D eigenvalue weighted by Gasteiger charge is 2.11. The van der Waals surface area contributed by atoms with Crippen molar-refractivity contribution < 1.29 is 9.18 Å². The minimum Gasteiger partial charge on any atom is -0.351 e. The number of benzene rings is 1. The van der Waals surface area contributed by atoms with E-state index in [1.54, 1.807) is 24.3 Å². The lowest BCUT2D eigenvalue weighted by Gasteiger charge is -2.10. The fourth-order valence-corrected chi connectivity index (χ4v) is 1.24. The van der Waals surface area contributed by atoms with E-state index in [-0.39, 0.29) is 18.3 Å². The molecule has 1 atom stereocenters. The van der Waals surface area contributed by atoms with Crippen molar-refractivity contribution in [3.8, 4) is 0 Å². The molecule has 0 bridgehead atoms. The maximum absolute atomic E-state index is 13.2. The van der Waals surface area contributed by atoms with E-state index in [0.29, 0.717) is 12.0 Å². The predicted molar refractivity (Wildman–Crippen MR) is 61.0 cm³/mol. The Labute approximate surface area is 94.1 Å². The monoisotopic (exact) mass is 222 g/mol. The first-order valence-electron chi connectivity index (χ1n) is 5.02. The molecule has 1 aromatic rings. The van der Waals surface area contributed by atoms with Crippen molar-refractivity contribution in [1.82, 2.24) is 5.32 Å². The molecule has 1 unspecified atom stereocenters. The molecule has 3 N–H and O–H groups in total. The molecular weight excluding hydrogens is 207 g/mol. The molecule has 0 spiro atoms. The second-order valence-electron chi connectivity index (χ2n) is 3.44. The summed E-state index contributed by atoms with van der Waals surface area (Å²) in [6, 6.07) is 5.67. The van der Waals surface area contributed by atoms with E-state index in [4.69, 9.17) is 5.73 Å². The summed E-state index contributed by atoms with van der Waals surface area (Å²) >= 11 is 0. The number of nitrogens with two attached hydrogens (primary N) is 1. The number of carbonyl (C=O) groups is 1. The van der Waals surface area contributed by atoms with Crippen LogP contribution in [0.25, 0.3) is 0 Å². The molecule has 0 aliphatic carbocycles. The predicted octanol–water partition coefficient (Wildman–Crippen LogP) is 1.35. The van der Waals surface area contributed by atoms with Gasteiger partial charge < -0.3 is 11.1 Å². The highest BCUT2D eigenvalue weighted by atomic mass is 19.1. The summed E-state index contributed by atoms with van der Waals surface area (Å²) in [6.07, 6.45) is 1.98. The zero-order valence-corrected chi connectivity index (χ0v) is 8.95. The molecule has 0 aliphatic heterocycles. The van der Waals surface area contributed by atoms with Gasteiger partial charge in [0, 0.05) is 12.1 Å². The molecule has 1 rings (SSSR count). The third-order valence-electron chi connectivity index (χ3n) is 2.17. The Morgan fingerprint density at radius 3 is 2.88 bits per heavy atom. The summed E-state index contributed by atoms with van der Waals surface area (Å²) < 4.78 is 13.2. The van der Waals surface area contributed by atoms with Gasteiger partial charge in [0.15, 0.2) is 0 Å².